The van der Waals surface area contributed by atoms with Crippen molar-refractivity contribution >= 4 is 5.96 Å². The molecule has 0 N–H and O–H groups in total. The highest BCUT2D eigenvalue weighted by Gasteiger charge is 2.19. The molecule has 0 saturated heterocycles. The van der Waals surface area contributed by atoms with Gasteiger partial charge in [-0.3, -0.25) is 0 Å². The maximum atomic E-state index is 5.81. The summed E-state index contributed by atoms with van der Waals surface area (Å²) in [4.78, 5) is 12.9. The average Bonchev–Trinajstić information content (AvgIpc) is 2.34. The first kappa shape index (κ1) is 14.6. The third kappa shape index (κ3) is 3.85. The zero-order valence-electron chi connectivity index (χ0n) is 12.8. The molecule has 0 amide bonds. The molecule has 0 atom stereocenters. The van der Waals surface area contributed by atoms with E-state index in [-0.39, 0.29) is 0 Å². The van der Waals surface area contributed by atoms with E-state index in [1.165, 1.54) is 6.42 Å². The molecule has 1 aromatic rings. The molecule has 110 valence electrons. The van der Waals surface area contributed by atoms with Crippen LogP contribution in [0.2, 0.25) is 0 Å². The Bertz CT molecular complexity index is 457. The standard InChI is InChI=1S/C15H24N4O/c1-18(2)15(19(3)4)17-11-12-8-9-16-14(10-12)20-13-6-5-7-13/h8-10,13H,5-7,11H2,1-4H3. The first-order chi connectivity index (χ1) is 9.56. The van der Waals surface area contributed by atoms with Crippen LogP contribution >= 0.6 is 0 Å². The van der Waals surface area contributed by atoms with Crippen molar-refractivity contribution in [2.75, 3.05) is 28.2 Å². The Hall–Kier alpha value is -1.78. The van der Waals surface area contributed by atoms with Gasteiger partial charge in [0.25, 0.3) is 0 Å². The molecule has 0 bridgehead atoms. The molecule has 2 rings (SSSR count). The third-order valence-electron chi connectivity index (χ3n) is 3.34. The monoisotopic (exact) mass is 276 g/mol. The van der Waals surface area contributed by atoms with Gasteiger partial charge in [0.1, 0.15) is 6.10 Å². The van der Waals surface area contributed by atoms with Crippen molar-refractivity contribution in [3.05, 3.63) is 23.9 Å². The Labute approximate surface area is 121 Å². The Morgan fingerprint density at radius 1 is 1.30 bits per heavy atom. The van der Waals surface area contributed by atoms with Crippen LogP contribution in [0, 0.1) is 0 Å². The van der Waals surface area contributed by atoms with Gasteiger partial charge in [-0.05, 0) is 30.9 Å². The van der Waals surface area contributed by atoms with E-state index in [2.05, 4.69) is 9.98 Å². The minimum Gasteiger partial charge on any atom is -0.474 e. The summed E-state index contributed by atoms with van der Waals surface area (Å²) in [5.41, 5.74) is 1.12. The Morgan fingerprint density at radius 2 is 2.00 bits per heavy atom. The molecular weight excluding hydrogens is 252 g/mol. The highest BCUT2D eigenvalue weighted by atomic mass is 16.5. The lowest BCUT2D eigenvalue weighted by atomic mass is 9.96. The highest BCUT2D eigenvalue weighted by Crippen LogP contribution is 2.24. The Morgan fingerprint density at radius 3 is 2.55 bits per heavy atom. The van der Waals surface area contributed by atoms with Crippen molar-refractivity contribution < 1.29 is 4.74 Å². The van der Waals surface area contributed by atoms with Crippen molar-refractivity contribution in [2.24, 2.45) is 4.99 Å². The quantitative estimate of drug-likeness (QED) is 0.623. The SMILES string of the molecule is CN(C)C(=NCc1ccnc(OC2CCC2)c1)N(C)C. The summed E-state index contributed by atoms with van der Waals surface area (Å²) < 4.78 is 5.81. The van der Waals surface area contributed by atoms with Gasteiger partial charge in [-0.2, -0.15) is 0 Å². The summed E-state index contributed by atoms with van der Waals surface area (Å²) in [5, 5.41) is 0. The van der Waals surface area contributed by atoms with Gasteiger partial charge in [-0.1, -0.05) is 0 Å². The number of nitrogens with zero attached hydrogens (tertiary/aromatic N) is 4. The van der Waals surface area contributed by atoms with Gasteiger partial charge in [0.15, 0.2) is 5.96 Å². The molecule has 1 heterocycles. The zero-order chi connectivity index (χ0) is 14.5. The van der Waals surface area contributed by atoms with Crippen LogP contribution in [0.25, 0.3) is 0 Å². The predicted octanol–water partition coefficient (Wildman–Crippen LogP) is 1.99. The topological polar surface area (TPSA) is 41.0 Å². The van der Waals surface area contributed by atoms with Crippen LogP contribution in [0.5, 0.6) is 5.88 Å². The fourth-order valence-corrected chi connectivity index (χ4v) is 2.12. The Balaban J connectivity index is 2.01. The highest BCUT2D eigenvalue weighted by molar-refractivity contribution is 5.79. The van der Waals surface area contributed by atoms with Crippen molar-refractivity contribution in [1.82, 2.24) is 14.8 Å². The van der Waals surface area contributed by atoms with E-state index in [0.717, 1.165) is 30.2 Å². The second-order valence-electron chi connectivity index (χ2n) is 5.58. The van der Waals surface area contributed by atoms with Crippen LogP contribution in [0.4, 0.5) is 0 Å². The van der Waals surface area contributed by atoms with Gasteiger partial charge in [-0.25, -0.2) is 9.98 Å². The molecule has 1 aromatic heterocycles. The van der Waals surface area contributed by atoms with Gasteiger partial charge in [0.2, 0.25) is 5.88 Å². The van der Waals surface area contributed by atoms with Crippen LogP contribution < -0.4 is 4.74 Å². The molecule has 0 unspecified atom stereocenters. The number of guanidine groups is 1. The lowest BCUT2D eigenvalue weighted by Gasteiger charge is -2.25. The van der Waals surface area contributed by atoms with Crippen LogP contribution in [-0.4, -0.2) is 55.0 Å². The minimum absolute atomic E-state index is 0.361. The minimum atomic E-state index is 0.361. The number of pyridine rings is 1. The van der Waals surface area contributed by atoms with Crippen LogP contribution in [0.3, 0.4) is 0 Å². The summed E-state index contributed by atoms with van der Waals surface area (Å²) in [6.45, 7) is 0.634. The molecule has 1 aliphatic carbocycles. The third-order valence-corrected chi connectivity index (χ3v) is 3.34. The first-order valence-corrected chi connectivity index (χ1v) is 7.07. The van der Waals surface area contributed by atoms with Crippen molar-refractivity contribution in [3.8, 4) is 5.88 Å². The molecule has 20 heavy (non-hydrogen) atoms. The number of aromatic nitrogens is 1. The van der Waals surface area contributed by atoms with E-state index in [4.69, 9.17) is 4.74 Å². The molecule has 0 aromatic carbocycles. The van der Waals surface area contributed by atoms with Crippen molar-refractivity contribution in [3.63, 3.8) is 0 Å². The molecule has 0 aliphatic heterocycles. The number of ether oxygens (including phenoxy) is 1. The smallest absolute Gasteiger partial charge is 0.213 e. The van der Waals surface area contributed by atoms with Crippen LogP contribution in [-0.2, 0) is 6.54 Å². The Kier molecular flexibility index (Phi) is 4.82. The molecule has 5 nitrogen and oxygen atoms in total. The summed E-state index contributed by atoms with van der Waals surface area (Å²) in [5.74, 6) is 1.67. The second-order valence-corrected chi connectivity index (χ2v) is 5.58. The van der Waals surface area contributed by atoms with E-state index < -0.39 is 0 Å². The predicted molar refractivity (Wildman–Crippen MR) is 81.0 cm³/mol. The van der Waals surface area contributed by atoms with E-state index in [1.807, 2.05) is 50.1 Å². The molecular formula is C15H24N4O. The second kappa shape index (κ2) is 6.59. The molecule has 1 fully saturated rings. The van der Waals surface area contributed by atoms with Gasteiger partial charge in [0.05, 0.1) is 6.54 Å². The van der Waals surface area contributed by atoms with Gasteiger partial charge >= 0.3 is 0 Å². The van der Waals surface area contributed by atoms with E-state index in [9.17, 15) is 0 Å². The normalized spacial score (nSPS) is 14.4. The van der Waals surface area contributed by atoms with Gasteiger partial charge in [-0.15, -0.1) is 0 Å². The number of hydrogen-bond acceptors (Lipinski definition) is 3. The van der Waals surface area contributed by atoms with Crippen molar-refractivity contribution in [2.45, 2.75) is 31.9 Å². The number of aliphatic imine (C=N–C) groups is 1. The maximum Gasteiger partial charge on any atom is 0.213 e. The summed E-state index contributed by atoms with van der Waals surface area (Å²) in [6.07, 6.45) is 5.72. The molecule has 0 spiro atoms. The summed E-state index contributed by atoms with van der Waals surface area (Å²) in [7, 11) is 7.99. The van der Waals surface area contributed by atoms with E-state index in [1.54, 1.807) is 6.20 Å². The summed E-state index contributed by atoms with van der Waals surface area (Å²) in [6, 6.07) is 3.98. The molecule has 5 heteroatoms. The maximum absolute atomic E-state index is 5.81. The first-order valence-electron chi connectivity index (χ1n) is 7.07. The van der Waals surface area contributed by atoms with Crippen molar-refractivity contribution in [1.29, 1.82) is 0 Å². The lowest BCUT2D eigenvalue weighted by Crippen LogP contribution is -2.35. The molecule has 1 aliphatic rings. The van der Waals surface area contributed by atoms with Crippen LogP contribution in [0.1, 0.15) is 24.8 Å². The average molecular weight is 276 g/mol. The van der Waals surface area contributed by atoms with E-state index in [0.29, 0.717) is 12.6 Å². The molecule has 0 radical (unpaired) electrons. The summed E-state index contributed by atoms with van der Waals surface area (Å²) >= 11 is 0. The fraction of sp³-hybridized carbons (Fsp3) is 0.600. The number of hydrogen-bond donors (Lipinski definition) is 0. The largest absolute Gasteiger partial charge is 0.474 e. The van der Waals surface area contributed by atoms with Crippen LogP contribution in [0.15, 0.2) is 23.3 Å². The van der Waals surface area contributed by atoms with E-state index >= 15 is 0 Å². The zero-order valence-corrected chi connectivity index (χ0v) is 12.8. The fourth-order valence-electron chi connectivity index (χ4n) is 2.12. The molecule has 1 saturated carbocycles. The number of rotatable bonds is 4. The van der Waals surface area contributed by atoms with Gasteiger partial charge < -0.3 is 14.5 Å². The van der Waals surface area contributed by atoms with Gasteiger partial charge in [0, 0.05) is 40.5 Å². The lowest BCUT2D eigenvalue weighted by molar-refractivity contribution is 0.114.